The second-order valence-electron chi connectivity index (χ2n) is 8.33. The molecule has 0 radical (unpaired) electrons. The Bertz CT molecular complexity index is 864. The van der Waals surface area contributed by atoms with Crippen molar-refractivity contribution in [2.75, 3.05) is 59.5 Å². The van der Waals surface area contributed by atoms with Crippen LogP contribution in [0, 0.1) is 0 Å². The summed E-state index contributed by atoms with van der Waals surface area (Å²) in [6.07, 6.45) is 4.48. The molecule has 2 saturated heterocycles. The third-order valence-corrected chi connectivity index (χ3v) is 6.56. The molecule has 30 heavy (non-hydrogen) atoms. The van der Waals surface area contributed by atoms with Crippen molar-refractivity contribution in [2.24, 2.45) is 0 Å². The van der Waals surface area contributed by atoms with Crippen molar-refractivity contribution in [2.45, 2.75) is 25.2 Å². The number of piperazine rings is 1. The van der Waals surface area contributed by atoms with Gasteiger partial charge in [-0.05, 0) is 38.4 Å². The van der Waals surface area contributed by atoms with E-state index in [-0.39, 0.29) is 5.24 Å². The van der Waals surface area contributed by atoms with Crippen LogP contribution in [0.5, 0.6) is 5.75 Å². The number of ether oxygens (including phenoxy) is 1. The first-order chi connectivity index (χ1) is 14.6. The Morgan fingerprint density at radius 2 is 1.90 bits per heavy atom. The zero-order valence-corrected chi connectivity index (χ0v) is 18.6. The molecule has 2 aliphatic heterocycles. The van der Waals surface area contributed by atoms with Gasteiger partial charge in [0.1, 0.15) is 12.1 Å². The second-order valence-corrected chi connectivity index (χ2v) is 8.71. The molecule has 0 bridgehead atoms. The van der Waals surface area contributed by atoms with Crippen LogP contribution in [-0.2, 0) is 0 Å². The minimum absolute atomic E-state index is 0.143. The van der Waals surface area contributed by atoms with Crippen LogP contribution in [0.3, 0.4) is 0 Å². The van der Waals surface area contributed by atoms with E-state index < -0.39 is 0 Å². The quantitative estimate of drug-likeness (QED) is 0.563. The van der Waals surface area contributed by atoms with E-state index in [1.807, 2.05) is 12.1 Å². The number of benzene rings is 1. The molecule has 8 heteroatoms. The zero-order chi connectivity index (χ0) is 20.9. The summed E-state index contributed by atoms with van der Waals surface area (Å²) >= 11 is 3.94. The van der Waals surface area contributed by atoms with Crippen LogP contribution in [0.15, 0.2) is 24.5 Å². The number of thiol groups is 1. The fourth-order valence-electron chi connectivity index (χ4n) is 4.37. The molecule has 2 aromatic rings. The molecule has 0 spiro atoms. The number of aromatic nitrogens is 2. The van der Waals surface area contributed by atoms with Gasteiger partial charge in [-0.15, -0.1) is 0 Å². The molecule has 1 aromatic heterocycles. The molecule has 0 saturated carbocycles. The first kappa shape index (κ1) is 21.3. The third-order valence-electron chi connectivity index (χ3n) is 6.27. The van der Waals surface area contributed by atoms with Crippen molar-refractivity contribution in [3.05, 3.63) is 30.2 Å². The highest BCUT2D eigenvalue weighted by Gasteiger charge is 2.24. The number of nitrogens with zero attached hydrogens (tertiary/aromatic N) is 5. The number of piperidine rings is 1. The van der Waals surface area contributed by atoms with Gasteiger partial charge in [-0.25, -0.2) is 9.97 Å². The number of likely N-dealkylation sites (N-methyl/N-ethyl adjacent to an activating group) is 1. The Hall–Kier alpha value is -1.90. The fraction of sp³-hybridized carbons (Fsp3) is 0.591. The molecule has 2 aliphatic rings. The van der Waals surface area contributed by atoms with E-state index in [9.17, 15) is 4.79 Å². The van der Waals surface area contributed by atoms with Gasteiger partial charge in [-0.3, -0.25) is 4.79 Å². The molecule has 1 amide bonds. The minimum Gasteiger partial charge on any atom is -0.493 e. The van der Waals surface area contributed by atoms with Crippen molar-refractivity contribution in [3.63, 3.8) is 0 Å². The third kappa shape index (κ3) is 5.22. The SMILES string of the molecule is CN1CCN(CCCOc2ccc3c(C4CCN(C(=O)S)CC4)ncnc3c2)CC1. The lowest BCUT2D eigenvalue weighted by Crippen LogP contribution is -2.44. The van der Waals surface area contributed by atoms with Gasteiger partial charge in [0.15, 0.2) is 0 Å². The molecule has 4 rings (SSSR count). The Morgan fingerprint density at radius 3 is 2.63 bits per heavy atom. The topological polar surface area (TPSA) is 61.8 Å². The zero-order valence-electron chi connectivity index (χ0n) is 17.7. The van der Waals surface area contributed by atoms with E-state index in [2.05, 4.69) is 45.5 Å². The van der Waals surface area contributed by atoms with Gasteiger partial charge < -0.3 is 19.4 Å². The highest BCUT2D eigenvalue weighted by Crippen LogP contribution is 2.32. The first-order valence-corrected chi connectivity index (χ1v) is 11.3. The first-order valence-electron chi connectivity index (χ1n) is 10.9. The average molecular weight is 430 g/mol. The van der Waals surface area contributed by atoms with E-state index in [0.717, 1.165) is 87.4 Å². The van der Waals surface area contributed by atoms with Gasteiger partial charge in [0.05, 0.1) is 17.8 Å². The van der Waals surface area contributed by atoms with Gasteiger partial charge in [-0.1, -0.05) is 12.6 Å². The number of fused-ring (bicyclic) bond motifs is 1. The Labute approximate surface area is 183 Å². The largest absolute Gasteiger partial charge is 0.493 e. The standard InChI is InChI=1S/C22H31N5O2S/c1-25-10-12-26(13-11-25)7-2-14-29-18-3-4-19-20(15-18)23-16-24-21(19)17-5-8-27(9-6-17)22(28)30/h3-4,15-17H,2,5-14H2,1H3,(H,28,30). The number of amides is 1. The van der Waals surface area contributed by atoms with Crippen molar-refractivity contribution >= 4 is 28.8 Å². The number of likely N-dealkylation sites (tertiary alicyclic amines) is 1. The number of rotatable bonds is 6. The van der Waals surface area contributed by atoms with Crippen molar-refractivity contribution in [1.82, 2.24) is 24.7 Å². The van der Waals surface area contributed by atoms with Crippen LogP contribution >= 0.6 is 12.6 Å². The number of hydrogen-bond donors (Lipinski definition) is 1. The maximum atomic E-state index is 11.4. The van der Waals surface area contributed by atoms with Crippen LogP contribution in [0.1, 0.15) is 30.9 Å². The maximum absolute atomic E-state index is 11.4. The molecule has 2 fully saturated rings. The normalized spacial score (nSPS) is 19.3. The predicted octanol–water partition coefficient (Wildman–Crippen LogP) is 2.88. The summed E-state index contributed by atoms with van der Waals surface area (Å²) < 4.78 is 6.00. The lowest BCUT2D eigenvalue weighted by atomic mass is 9.91. The molecule has 3 heterocycles. The van der Waals surface area contributed by atoms with Crippen LogP contribution in [0.25, 0.3) is 10.9 Å². The van der Waals surface area contributed by atoms with Gasteiger partial charge in [0.25, 0.3) is 5.24 Å². The van der Waals surface area contributed by atoms with Crippen LogP contribution in [0.2, 0.25) is 0 Å². The minimum atomic E-state index is -0.143. The summed E-state index contributed by atoms with van der Waals surface area (Å²) in [7, 11) is 2.18. The van der Waals surface area contributed by atoms with Crippen LogP contribution in [0.4, 0.5) is 4.79 Å². The molecule has 7 nitrogen and oxygen atoms in total. The van der Waals surface area contributed by atoms with Gasteiger partial charge in [0.2, 0.25) is 0 Å². The number of carbonyl (C=O) groups excluding carboxylic acids is 1. The molecule has 1 aromatic carbocycles. The molecular weight excluding hydrogens is 398 g/mol. The van der Waals surface area contributed by atoms with Crippen molar-refractivity contribution < 1.29 is 9.53 Å². The molecule has 162 valence electrons. The Kier molecular flexibility index (Phi) is 7.07. The van der Waals surface area contributed by atoms with E-state index in [1.165, 1.54) is 0 Å². The van der Waals surface area contributed by atoms with E-state index in [4.69, 9.17) is 4.74 Å². The molecular formula is C22H31N5O2S. The molecule has 0 atom stereocenters. The summed E-state index contributed by atoms with van der Waals surface area (Å²) in [5, 5.41) is 0.938. The van der Waals surface area contributed by atoms with Crippen LogP contribution in [-0.4, -0.2) is 89.4 Å². The van der Waals surface area contributed by atoms with E-state index in [1.54, 1.807) is 11.2 Å². The van der Waals surface area contributed by atoms with Gasteiger partial charge in [0, 0.05) is 63.2 Å². The Balaban J connectivity index is 1.33. The van der Waals surface area contributed by atoms with E-state index >= 15 is 0 Å². The number of carbonyl (C=O) groups is 1. The molecule has 0 N–H and O–H groups in total. The highest BCUT2D eigenvalue weighted by atomic mass is 32.1. The lowest BCUT2D eigenvalue weighted by Gasteiger charge is -2.32. The summed E-state index contributed by atoms with van der Waals surface area (Å²) in [4.78, 5) is 27.2. The van der Waals surface area contributed by atoms with Crippen molar-refractivity contribution in [3.8, 4) is 5.75 Å². The maximum Gasteiger partial charge on any atom is 0.278 e. The summed E-state index contributed by atoms with van der Waals surface area (Å²) in [6.45, 7) is 7.85. The highest BCUT2D eigenvalue weighted by molar-refractivity contribution is 7.96. The lowest BCUT2D eigenvalue weighted by molar-refractivity contribution is 0.145. The molecule has 0 aliphatic carbocycles. The molecule has 0 unspecified atom stereocenters. The fourth-order valence-corrected chi connectivity index (χ4v) is 4.57. The summed E-state index contributed by atoms with van der Waals surface area (Å²) in [6, 6.07) is 6.12. The van der Waals surface area contributed by atoms with E-state index in [0.29, 0.717) is 12.5 Å². The Morgan fingerprint density at radius 1 is 1.13 bits per heavy atom. The monoisotopic (exact) mass is 429 g/mol. The second kappa shape index (κ2) is 9.94. The van der Waals surface area contributed by atoms with Gasteiger partial charge >= 0.3 is 0 Å². The van der Waals surface area contributed by atoms with Crippen LogP contribution < -0.4 is 4.74 Å². The van der Waals surface area contributed by atoms with Crippen molar-refractivity contribution in [1.29, 1.82) is 0 Å². The number of hydrogen-bond acceptors (Lipinski definition) is 6. The summed E-state index contributed by atoms with van der Waals surface area (Å²) in [5.41, 5.74) is 2.00. The average Bonchev–Trinajstić information content (AvgIpc) is 2.77. The smallest absolute Gasteiger partial charge is 0.278 e. The van der Waals surface area contributed by atoms with Gasteiger partial charge in [-0.2, -0.15) is 0 Å². The summed E-state index contributed by atoms with van der Waals surface area (Å²) in [5.74, 6) is 1.20. The predicted molar refractivity (Wildman–Crippen MR) is 122 cm³/mol.